The lowest BCUT2D eigenvalue weighted by molar-refractivity contribution is -0.121. The molecule has 0 fully saturated rings. The molecule has 0 radical (unpaired) electrons. The molecule has 1 atom stereocenters. The van der Waals surface area contributed by atoms with Gasteiger partial charge < -0.3 is 5.73 Å². The molecular formula is C15H17NO. The molecule has 0 aromatic heterocycles. The number of rotatable bonds is 1. The summed E-state index contributed by atoms with van der Waals surface area (Å²) < 4.78 is 65.5. The fourth-order valence-electron chi connectivity index (χ4n) is 2.23. The molecule has 0 saturated heterocycles. The molecule has 0 bridgehead atoms. The average molecular weight is 235 g/mol. The van der Waals surface area contributed by atoms with Crippen molar-refractivity contribution in [2.75, 3.05) is 0 Å². The summed E-state index contributed by atoms with van der Waals surface area (Å²) >= 11 is 0. The highest BCUT2D eigenvalue weighted by Crippen LogP contribution is 2.44. The maximum atomic E-state index is 12.1. The van der Waals surface area contributed by atoms with E-state index in [1.165, 1.54) is 0 Å². The van der Waals surface area contributed by atoms with E-state index in [1.807, 2.05) is 0 Å². The number of fused-ring (bicyclic) bond motifs is 2. The van der Waals surface area contributed by atoms with Gasteiger partial charge in [-0.05, 0) is 54.7 Å². The van der Waals surface area contributed by atoms with E-state index in [4.69, 9.17) is 16.7 Å². The Morgan fingerprint density at radius 2 is 2.53 bits per heavy atom. The summed E-state index contributed by atoms with van der Waals surface area (Å²) in [6.07, 6.45) is -9.33. The standard InChI is InChI=1S/C15H17NO/c1-9-5-6-10-8-14-11(13(10)7-9)3-2-4-12(14)15(16)17/h5-7,12H,2-4,8H2,1H3,(H2,16,17)/i2D2,3D2,4D2,6D,12D. The van der Waals surface area contributed by atoms with Gasteiger partial charge >= 0.3 is 0 Å². The summed E-state index contributed by atoms with van der Waals surface area (Å²) in [5, 5.41) is 0. The molecule has 1 unspecified atom stereocenters. The number of carbonyl (C=O) groups is 1. The first-order chi connectivity index (χ1) is 11.2. The van der Waals surface area contributed by atoms with E-state index in [0.29, 0.717) is 11.1 Å². The van der Waals surface area contributed by atoms with Crippen LogP contribution < -0.4 is 5.73 Å². The zero-order chi connectivity index (χ0) is 19.2. The summed E-state index contributed by atoms with van der Waals surface area (Å²) in [7, 11) is 0. The van der Waals surface area contributed by atoms with Crippen molar-refractivity contribution >= 4 is 11.5 Å². The summed E-state index contributed by atoms with van der Waals surface area (Å²) in [6.45, 7) is 1.70. The van der Waals surface area contributed by atoms with Gasteiger partial charge in [0.2, 0.25) is 5.91 Å². The molecule has 1 amide bonds. The predicted molar refractivity (Wildman–Crippen MR) is 68.3 cm³/mol. The maximum absolute atomic E-state index is 12.1. The maximum Gasteiger partial charge on any atom is 0.224 e. The minimum Gasteiger partial charge on any atom is -0.369 e. The normalized spacial score (nSPS) is 42.4. The van der Waals surface area contributed by atoms with E-state index < -0.39 is 30.9 Å². The number of allylic oxidation sites excluding steroid dienone is 1. The molecule has 2 nitrogen and oxygen atoms in total. The number of carbonyl (C=O) groups excluding carboxylic acids is 1. The van der Waals surface area contributed by atoms with Gasteiger partial charge in [0.15, 0.2) is 0 Å². The average Bonchev–Trinajstić information content (AvgIpc) is 2.84. The quantitative estimate of drug-likeness (QED) is 0.799. The SMILES string of the molecule is [2H]c1cc(C)cc2c1CC1=C2C([2H])([2H])C([2H])([2H])C([2H])([2H])C1([2H])C(N)=O. The van der Waals surface area contributed by atoms with Crippen LogP contribution in [-0.2, 0) is 11.2 Å². The predicted octanol–water partition coefficient (Wildman–Crippen LogP) is 2.59. The number of hydrogen-bond donors (Lipinski definition) is 1. The zero-order valence-corrected chi connectivity index (χ0v) is 9.35. The second-order valence-corrected chi connectivity index (χ2v) is 4.21. The zero-order valence-electron chi connectivity index (χ0n) is 17.3. The van der Waals surface area contributed by atoms with Gasteiger partial charge in [0.25, 0.3) is 0 Å². The molecule has 2 N–H and O–H groups in total. The first-order valence-electron chi connectivity index (χ1n) is 9.35. The largest absolute Gasteiger partial charge is 0.369 e. The van der Waals surface area contributed by atoms with Gasteiger partial charge in [-0.1, -0.05) is 23.7 Å². The Balaban J connectivity index is 2.46. The molecule has 1 aromatic carbocycles. The molecule has 0 heterocycles. The van der Waals surface area contributed by atoms with Crippen molar-refractivity contribution in [3.8, 4) is 0 Å². The van der Waals surface area contributed by atoms with Gasteiger partial charge in [-0.15, -0.1) is 0 Å². The highest BCUT2D eigenvalue weighted by molar-refractivity contribution is 5.87. The highest BCUT2D eigenvalue weighted by atomic mass is 16.1. The molecular weight excluding hydrogens is 210 g/mol. The van der Waals surface area contributed by atoms with E-state index in [0.717, 1.165) is 0 Å². The Hall–Kier alpha value is -1.57. The molecule has 2 heteroatoms. The smallest absolute Gasteiger partial charge is 0.224 e. The Morgan fingerprint density at radius 3 is 3.29 bits per heavy atom. The van der Waals surface area contributed by atoms with E-state index in [-0.39, 0.29) is 29.2 Å². The van der Waals surface area contributed by atoms with E-state index in [9.17, 15) is 4.79 Å². The Labute approximate surface area is 113 Å². The minimum absolute atomic E-state index is 0.0770. The third-order valence-corrected chi connectivity index (χ3v) is 3.02. The Bertz CT molecular complexity index is 844. The van der Waals surface area contributed by atoms with Crippen LogP contribution in [0.25, 0.3) is 5.57 Å². The van der Waals surface area contributed by atoms with E-state index in [1.54, 1.807) is 19.1 Å². The van der Waals surface area contributed by atoms with Crippen molar-refractivity contribution in [2.24, 2.45) is 11.6 Å². The molecule has 0 spiro atoms. The molecule has 0 aliphatic heterocycles. The molecule has 0 saturated carbocycles. The lowest BCUT2D eigenvalue weighted by Crippen LogP contribution is -2.27. The highest BCUT2D eigenvalue weighted by Gasteiger charge is 2.32. The number of hydrogen-bond acceptors (Lipinski definition) is 1. The third-order valence-electron chi connectivity index (χ3n) is 3.02. The van der Waals surface area contributed by atoms with Gasteiger partial charge in [0.05, 0.1) is 7.26 Å². The third kappa shape index (κ3) is 1.59. The van der Waals surface area contributed by atoms with Crippen molar-refractivity contribution in [1.29, 1.82) is 0 Å². The second-order valence-electron chi connectivity index (χ2n) is 4.21. The first-order valence-corrected chi connectivity index (χ1v) is 5.35. The monoisotopic (exact) mass is 235 g/mol. The first kappa shape index (κ1) is 4.97. The topological polar surface area (TPSA) is 43.1 Å². The number of aryl methyl sites for hydroxylation is 1. The van der Waals surface area contributed by atoms with Gasteiger partial charge in [-0.3, -0.25) is 4.79 Å². The lowest BCUT2D eigenvalue weighted by atomic mass is 9.82. The van der Waals surface area contributed by atoms with Crippen molar-refractivity contribution in [2.45, 2.75) is 32.5 Å². The van der Waals surface area contributed by atoms with E-state index in [2.05, 4.69) is 0 Å². The van der Waals surface area contributed by atoms with Crippen LogP contribution in [0.15, 0.2) is 23.7 Å². The van der Waals surface area contributed by atoms with Crippen LogP contribution in [0.4, 0.5) is 0 Å². The molecule has 3 rings (SSSR count). The fourth-order valence-corrected chi connectivity index (χ4v) is 2.23. The number of primary amides is 1. The van der Waals surface area contributed by atoms with Crippen LogP contribution >= 0.6 is 0 Å². The van der Waals surface area contributed by atoms with Gasteiger partial charge in [-0.25, -0.2) is 0 Å². The number of nitrogens with two attached hydrogens (primary N) is 1. The summed E-state index contributed by atoms with van der Waals surface area (Å²) in [6, 6.07) is 3.20. The number of benzene rings is 1. The second kappa shape index (κ2) is 3.73. The van der Waals surface area contributed by atoms with Crippen molar-refractivity contribution < 1.29 is 15.8 Å². The van der Waals surface area contributed by atoms with E-state index >= 15 is 0 Å². The summed E-state index contributed by atoms with van der Waals surface area (Å²) in [5.74, 6) is -4.14. The van der Waals surface area contributed by atoms with Crippen molar-refractivity contribution in [1.82, 2.24) is 0 Å². The van der Waals surface area contributed by atoms with Crippen molar-refractivity contribution in [3.63, 3.8) is 0 Å². The van der Waals surface area contributed by atoms with Crippen LogP contribution in [0.2, 0.25) is 0 Å². The molecule has 17 heavy (non-hydrogen) atoms. The van der Waals surface area contributed by atoms with Crippen LogP contribution in [-0.4, -0.2) is 5.91 Å². The van der Waals surface area contributed by atoms with Gasteiger partial charge in [-0.2, -0.15) is 0 Å². The van der Waals surface area contributed by atoms with Crippen LogP contribution in [0.3, 0.4) is 0 Å². The van der Waals surface area contributed by atoms with Crippen LogP contribution in [0.1, 0.15) is 46.8 Å². The molecule has 2 aliphatic rings. The summed E-state index contributed by atoms with van der Waals surface area (Å²) in [5.41, 5.74) is 6.14. The Kier molecular flexibility index (Phi) is 1.09. The lowest BCUT2D eigenvalue weighted by Gasteiger charge is -2.22. The molecule has 1 aromatic rings. The Morgan fingerprint density at radius 1 is 1.71 bits per heavy atom. The molecule has 2 aliphatic carbocycles. The van der Waals surface area contributed by atoms with Crippen LogP contribution in [0.5, 0.6) is 0 Å². The van der Waals surface area contributed by atoms with Gasteiger partial charge in [0.1, 0.15) is 0 Å². The number of amides is 1. The van der Waals surface area contributed by atoms with Gasteiger partial charge in [0, 0.05) is 9.60 Å². The molecule has 88 valence electrons. The minimum atomic E-state index is -3.19. The summed E-state index contributed by atoms with van der Waals surface area (Å²) in [4.78, 5) is 12.1. The van der Waals surface area contributed by atoms with Crippen molar-refractivity contribution in [3.05, 3.63) is 40.4 Å². The van der Waals surface area contributed by atoms with Crippen LogP contribution in [0, 0.1) is 12.8 Å². The fraction of sp³-hybridized carbons (Fsp3) is 0.400.